The predicted molar refractivity (Wildman–Crippen MR) is 96.2 cm³/mol. The largest absolute Gasteiger partial charge is 0.369 e. The fourth-order valence-corrected chi connectivity index (χ4v) is 2.87. The van der Waals surface area contributed by atoms with Gasteiger partial charge in [0.15, 0.2) is 5.96 Å². The third-order valence-corrected chi connectivity index (χ3v) is 4.44. The van der Waals surface area contributed by atoms with Crippen LogP contribution in [0.5, 0.6) is 0 Å². The van der Waals surface area contributed by atoms with Gasteiger partial charge in [-0.25, -0.2) is 4.99 Å². The quantitative estimate of drug-likeness (QED) is 0.866. The Labute approximate surface area is 142 Å². The molecule has 24 heavy (non-hydrogen) atoms. The van der Waals surface area contributed by atoms with Crippen LogP contribution in [0.3, 0.4) is 0 Å². The highest BCUT2D eigenvalue weighted by molar-refractivity contribution is 5.98. The van der Waals surface area contributed by atoms with Gasteiger partial charge in [-0.05, 0) is 41.8 Å². The molecule has 0 saturated heterocycles. The van der Waals surface area contributed by atoms with Gasteiger partial charge in [-0.3, -0.25) is 9.69 Å². The van der Waals surface area contributed by atoms with Crippen LogP contribution in [0.4, 0.5) is 0 Å². The van der Waals surface area contributed by atoms with Gasteiger partial charge in [0.2, 0.25) is 5.91 Å². The Morgan fingerprint density at radius 1 is 1.21 bits per heavy atom. The molecule has 0 fully saturated rings. The molecule has 0 saturated carbocycles. The molecule has 2 aromatic rings. The second-order valence-electron chi connectivity index (χ2n) is 6.18. The van der Waals surface area contributed by atoms with Crippen molar-refractivity contribution in [3.8, 4) is 23.5 Å². The first-order valence-electron chi connectivity index (χ1n) is 7.72. The molecule has 120 valence electrons. The summed E-state index contributed by atoms with van der Waals surface area (Å²) in [6, 6.07) is 15.9. The Morgan fingerprint density at radius 3 is 2.54 bits per heavy atom. The molecular weight excluding hydrogens is 298 g/mol. The summed E-state index contributed by atoms with van der Waals surface area (Å²) in [5.41, 5.74) is 9.18. The van der Waals surface area contributed by atoms with Crippen LogP contribution in [0.25, 0.3) is 11.1 Å². The maximum atomic E-state index is 12.2. The summed E-state index contributed by atoms with van der Waals surface area (Å²) in [6.45, 7) is 1.94. The van der Waals surface area contributed by atoms with Crippen LogP contribution in [0, 0.1) is 12.3 Å². The first kappa shape index (κ1) is 15.8. The van der Waals surface area contributed by atoms with Crippen LogP contribution in [-0.4, -0.2) is 23.8 Å². The van der Waals surface area contributed by atoms with Crippen LogP contribution >= 0.6 is 0 Å². The van der Waals surface area contributed by atoms with Gasteiger partial charge < -0.3 is 5.73 Å². The van der Waals surface area contributed by atoms with E-state index in [-0.39, 0.29) is 11.9 Å². The van der Waals surface area contributed by atoms with Crippen molar-refractivity contribution in [2.45, 2.75) is 18.9 Å². The molecule has 0 aromatic heterocycles. The number of carbonyl (C=O) groups excluding carboxylic acids is 1. The first-order valence-corrected chi connectivity index (χ1v) is 7.72. The zero-order chi connectivity index (χ0) is 17.3. The monoisotopic (exact) mass is 317 g/mol. The summed E-state index contributed by atoms with van der Waals surface area (Å²) in [5, 5.41) is 0. The van der Waals surface area contributed by atoms with Gasteiger partial charge in [0.25, 0.3) is 0 Å². The highest BCUT2D eigenvalue weighted by Crippen LogP contribution is 2.34. The van der Waals surface area contributed by atoms with Crippen molar-refractivity contribution in [2.75, 3.05) is 7.05 Å². The molecule has 1 aliphatic heterocycles. The second kappa shape index (κ2) is 5.86. The van der Waals surface area contributed by atoms with Gasteiger partial charge in [-0.2, -0.15) is 0 Å². The molecule has 0 radical (unpaired) electrons. The average Bonchev–Trinajstić information content (AvgIpc) is 2.60. The van der Waals surface area contributed by atoms with Crippen LogP contribution in [0.15, 0.2) is 53.5 Å². The number of carbonyl (C=O) groups is 1. The van der Waals surface area contributed by atoms with Gasteiger partial charge in [-0.15, -0.1) is 6.42 Å². The van der Waals surface area contributed by atoms with Gasteiger partial charge >= 0.3 is 0 Å². The summed E-state index contributed by atoms with van der Waals surface area (Å²) < 4.78 is 0. The maximum Gasteiger partial charge on any atom is 0.231 e. The van der Waals surface area contributed by atoms with Crippen LogP contribution in [0.1, 0.15) is 24.5 Å². The number of nitrogens with two attached hydrogens (primary N) is 1. The molecule has 1 atom stereocenters. The molecule has 0 spiro atoms. The van der Waals surface area contributed by atoms with E-state index in [0.717, 1.165) is 22.3 Å². The van der Waals surface area contributed by atoms with Gasteiger partial charge in [-0.1, -0.05) is 36.3 Å². The lowest BCUT2D eigenvalue weighted by atomic mass is 9.86. The lowest BCUT2D eigenvalue weighted by molar-refractivity contribution is -0.128. The summed E-state index contributed by atoms with van der Waals surface area (Å²) in [4.78, 5) is 18.1. The average molecular weight is 317 g/mol. The number of aliphatic imine (C=N–C) groups is 1. The molecule has 1 heterocycles. The summed E-state index contributed by atoms with van der Waals surface area (Å²) >= 11 is 0. The lowest BCUT2D eigenvalue weighted by Crippen LogP contribution is -2.47. The molecule has 4 heteroatoms. The van der Waals surface area contributed by atoms with E-state index < -0.39 is 5.54 Å². The SMILES string of the molecule is C#Cc1ccc(-c2cccc(C3(C)CC(=O)N(C)C(N)=N3)c2)cc1. The number of amides is 1. The van der Waals surface area contributed by atoms with Crippen molar-refractivity contribution in [3.63, 3.8) is 0 Å². The molecule has 2 N–H and O–H groups in total. The van der Waals surface area contributed by atoms with E-state index in [1.165, 1.54) is 4.90 Å². The van der Waals surface area contributed by atoms with E-state index in [4.69, 9.17) is 12.2 Å². The topological polar surface area (TPSA) is 58.7 Å². The zero-order valence-corrected chi connectivity index (χ0v) is 13.8. The molecule has 4 nitrogen and oxygen atoms in total. The smallest absolute Gasteiger partial charge is 0.231 e. The van der Waals surface area contributed by atoms with Crippen molar-refractivity contribution in [2.24, 2.45) is 10.7 Å². The van der Waals surface area contributed by atoms with E-state index in [1.807, 2.05) is 49.4 Å². The maximum absolute atomic E-state index is 12.2. The number of guanidine groups is 1. The Morgan fingerprint density at radius 2 is 1.92 bits per heavy atom. The fourth-order valence-electron chi connectivity index (χ4n) is 2.87. The number of hydrogen-bond acceptors (Lipinski definition) is 3. The molecule has 1 aliphatic rings. The Kier molecular flexibility index (Phi) is 3.86. The number of rotatable bonds is 2. The molecule has 0 bridgehead atoms. The Bertz CT molecular complexity index is 861. The number of nitrogens with zero attached hydrogens (tertiary/aromatic N) is 2. The lowest BCUT2D eigenvalue weighted by Gasteiger charge is -2.33. The van der Waals surface area contributed by atoms with Crippen molar-refractivity contribution in [1.29, 1.82) is 0 Å². The Hall–Kier alpha value is -3.06. The Balaban J connectivity index is 2.01. The van der Waals surface area contributed by atoms with Crippen LogP contribution in [-0.2, 0) is 10.3 Å². The molecule has 0 aliphatic carbocycles. The van der Waals surface area contributed by atoms with Gasteiger partial charge in [0.05, 0.1) is 12.0 Å². The van der Waals surface area contributed by atoms with E-state index >= 15 is 0 Å². The van der Waals surface area contributed by atoms with Crippen molar-refractivity contribution in [3.05, 3.63) is 59.7 Å². The van der Waals surface area contributed by atoms with Crippen molar-refractivity contribution in [1.82, 2.24) is 4.90 Å². The van der Waals surface area contributed by atoms with Crippen LogP contribution < -0.4 is 5.73 Å². The van der Waals surface area contributed by atoms with E-state index in [9.17, 15) is 4.79 Å². The van der Waals surface area contributed by atoms with Gasteiger partial charge in [0, 0.05) is 12.6 Å². The summed E-state index contributed by atoms with van der Waals surface area (Å²) in [6.07, 6.45) is 5.70. The van der Waals surface area contributed by atoms with E-state index in [1.54, 1.807) is 7.05 Å². The molecule has 2 aromatic carbocycles. The summed E-state index contributed by atoms with van der Waals surface area (Å²) in [7, 11) is 1.64. The minimum Gasteiger partial charge on any atom is -0.369 e. The van der Waals surface area contributed by atoms with Crippen LogP contribution in [0.2, 0.25) is 0 Å². The van der Waals surface area contributed by atoms with Crippen molar-refractivity contribution >= 4 is 11.9 Å². The third kappa shape index (κ3) is 2.77. The normalized spacial score (nSPS) is 20.5. The standard InChI is InChI=1S/C20H19N3O/c1-4-14-8-10-15(11-9-14)16-6-5-7-17(12-16)20(2)13-18(24)23(3)19(21)22-20/h1,5-12H,13H2,2-3H3,(H2,21,22). The molecular formula is C20H19N3O. The zero-order valence-electron chi connectivity index (χ0n) is 13.8. The first-order chi connectivity index (χ1) is 11.4. The number of hydrogen-bond donors (Lipinski definition) is 1. The minimum atomic E-state index is -0.650. The van der Waals surface area contributed by atoms with E-state index in [0.29, 0.717) is 6.42 Å². The summed E-state index contributed by atoms with van der Waals surface area (Å²) in [5.74, 6) is 2.83. The number of benzene rings is 2. The van der Waals surface area contributed by atoms with E-state index in [2.05, 4.69) is 17.0 Å². The minimum absolute atomic E-state index is 0.0335. The predicted octanol–water partition coefficient (Wildman–Crippen LogP) is 2.73. The number of terminal acetylenes is 1. The second-order valence-corrected chi connectivity index (χ2v) is 6.18. The van der Waals surface area contributed by atoms with Crippen molar-refractivity contribution < 1.29 is 4.79 Å². The highest BCUT2D eigenvalue weighted by atomic mass is 16.2. The molecule has 3 rings (SSSR count). The fraction of sp³-hybridized carbons (Fsp3) is 0.200. The molecule has 1 amide bonds. The highest BCUT2D eigenvalue weighted by Gasteiger charge is 2.36. The molecule has 1 unspecified atom stereocenters. The van der Waals surface area contributed by atoms with Gasteiger partial charge in [0.1, 0.15) is 0 Å². The third-order valence-electron chi connectivity index (χ3n) is 4.44.